The molecule has 0 atom stereocenters. The van der Waals surface area contributed by atoms with Crippen LogP contribution in [0, 0.1) is 6.92 Å². The maximum absolute atomic E-state index is 4.41. The lowest BCUT2D eigenvalue weighted by Gasteiger charge is -2.27. The fourth-order valence-corrected chi connectivity index (χ4v) is 2.54. The Labute approximate surface area is 113 Å². The van der Waals surface area contributed by atoms with Crippen LogP contribution in [-0.4, -0.2) is 54.1 Å². The van der Waals surface area contributed by atoms with Gasteiger partial charge in [0, 0.05) is 45.0 Å². The number of aryl methyl sites for hydroxylation is 1. The molecular formula is C14H21N5. The Morgan fingerprint density at radius 1 is 1.32 bits per heavy atom. The van der Waals surface area contributed by atoms with Crippen LogP contribution in [-0.2, 0) is 0 Å². The van der Waals surface area contributed by atoms with E-state index in [0.717, 1.165) is 61.8 Å². The molecule has 1 aromatic carbocycles. The van der Waals surface area contributed by atoms with Gasteiger partial charge in [-0.1, -0.05) is 0 Å². The zero-order valence-corrected chi connectivity index (χ0v) is 11.4. The second kappa shape index (κ2) is 5.59. The zero-order chi connectivity index (χ0) is 13.1. The normalized spacial score (nSPS) is 16.9. The van der Waals surface area contributed by atoms with E-state index in [0.29, 0.717) is 0 Å². The van der Waals surface area contributed by atoms with Gasteiger partial charge in [0.25, 0.3) is 0 Å². The van der Waals surface area contributed by atoms with Gasteiger partial charge in [-0.15, -0.1) is 0 Å². The summed E-state index contributed by atoms with van der Waals surface area (Å²) in [7, 11) is 0. The highest BCUT2D eigenvalue weighted by Crippen LogP contribution is 2.16. The summed E-state index contributed by atoms with van der Waals surface area (Å²) in [6.07, 6.45) is 0. The Bertz CT molecular complexity index is 542. The van der Waals surface area contributed by atoms with Crippen LogP contribution in [0.25, 0.3) is 11.0 Å². The summed E-state index contributed by atoms with van der Waals surface area (Å²) in [5.41, 5.74) is 3.29. The maximum atomic E-state index is 4.41. The summed E-state index contributed by atoms with van der Waals surface area (Å²) >= 11 is 0. The number of nitrogens with one attached hydrogen (secondary N) is 3. The molecule has 1 aliphatic rings. The molecule has 0 bridgehead atoms. The lowest BCUT2D eigenvalue weighted by molar-refractivity contribution is 0.249. The molecule has 3 N–H and O–H groups in total. The summed E-state index contributed by atoms with van der Waals surface area (Å²) in [4.78, 5) is 10.2. The van der Waals surface area contributed by atoms with Crippen molar-refractivity contribution in [3.63, 3.8) is 0 Å². The van der Waals surface area contributed by atoms with Crippen molar-refractivity contribution in [3.05, 3.63) is 24.0 Å². The summed E-state index contributed by atoms with van der Waals surface area (Å²) < 4.78 is 0. The number of aromatic amines is 1. The molecule has 1 aromatic heterocycles. The molecule has 5 heteroatoms. The van der Waals surface area contributed by atoms with Crippen LogP contribution >= 0.6 is 0 Å². The Morgan fingerprint density at radius 3 is 3.00 bits per heavy atom. The fourth-order valence-electron chi connectivity index (χ4n) is 2.54. The maximum Gasteiger partial charge on any atom is 0.104 e. The number of nitrogens with zero attached hydrogens (tertiary/aromatic N) is 2. The molecule has 1 saturated heterocycles. The first-order chi connectivity index (χ1) is 9.31. The van der Waals surface area contributed by atoms with Crippen LogP contribution in [0.1, 0.15) is 5.82 Å². The molecule has 0 aliphatic carbocycles. The number of rotatable bonds is 4. The third-order valence-corrected chi connectivity index (χ3v) is 3.57. The molecule has 1 fully saturated rings. The van der Waals surface area contributed by atoms with Gasteiger partial charge in [0.15, 0.2) is 0 Å². The number of piperazine rings is 1. The lowest BCUT2D eigenvalue weighted by atomic mass is 10.2. The van der Waals surface area contributed by atoms with E-state index < -0.39 is 0 Å². The van der Waals surface area contributed by atoms with E-state index in [1.54, 1.807) is 0 Å². The molecule has 2 heterocycles. The Balaban J connectivity index is 1.55. The zero-order valence-electron chi connectivity index (χ0n) is 11.4. The van der Waals surface area contributed by atoms with Crippen molar-refractivity contribution in [2.45, 2.75) is 6.92 Å². The average molecular weight is 259 g/mol. The van der Waals surface area contributed by atoms with Crippen LogP contribution in [0.5, 0.6) is 0 Å². The highest BCUT2D eigenvalue weighted by atomic mass is 15.2. The van der Waals surface area contributed by atoms with E-state index in [2.05, 4.69) is 43.7 Å². The predicted molar refractivity (Wildman–Crippen MR) is 78.6 cm³/mol. The van der Waals surface area contributed by atoms with Gasteiger partial charge in [-0.2, -0.15) is 0 Å². The Hall–Kier alpha value is -1.59. The Kier molecular flexibility index (Phi) is 3.66. The Morgan fingerprint density at radius 2 is 2.16 bits per heavy atom. The molecule has 0 unspecified atom stereocenters. The minimum Gasteiger partial charge on any atom is -0.384 e. The second-order valence-electron chi connectivity index (χ2n) is 5.07. The summed E-state index contributed by atoms with van der Waals surface area (Å²) in [6.45, 7) is 8.59. The van der Waals surface area contributed by atoms with E-state index >= 15 is 0 Å². The summed E-state index contributed by atoms with van der Waals surface area (Å²) in [5.74, 6) is 0.966. The molecule has 0 saturated carbocycles. The highest BCUT2D eigenvalue weighted by Gasteiger charge is 2.08. The van der Waals surface area contributed by atoms with E-state index in [1.165, 1.54) is 0 Å². The minimum atomic E-state index is 0.966. The van der Waals surface area contributed by atoms with Crippen LogP contribution in [0.4, 0.5) is 5.69 Å². The molecular weight excluding hydrogens is 238 g/mol. The van der Waals surface area contributed by atoms with Crippen molar-refractivity contribution < 1.29 is 0 Å². The standard InChI is InChI=1S/C14H21N5/c1-11-17-13-3-2-12(10-14(13)18-11)16-6-9-19-7-4-15-5-8-19/h2-3,10,15-16H,4-9H2,1H3,(H,17,18). The lowest BCUT2D eigenvalue weighted by Crippen LogP contribution is -2.45. The van der Waals surface area contributed by atoms with Crippen molar-refractivity contribution in [2.24, 2.45) is 0 Å². The minimum absolute atomic E-state index is 0.966. The van der Waals surface area contributed by atoms with Gasteiger partial charge in [-0.3, -0.25) is 4.90 Å². The van der Waals surface area contributed by atoms with Gasteiger partial charge in [0.2, 0.25) is 0 Å². The number of anilines is 1. The highest BCUT2D eigenvalue weighted by molar-refractivity contribution is 5.79. The van der Waals surface area contributed by atoms with Crippen LogP contribution in [0.2, 0.25) is 0 Å². The van der Waals surface area contributed by atoms with E-state index in [4.69, 9.17) is 0 Å². The van der Waals surface area contributed by atoms with Crippen LogP contribution in [0.15, 0.2) is 18.2 Å². The topological polar surface area (TPSA) is 56.0 Å². The molecule has 3 rings (SSSR count). The van der Waals surface area contributed by atoms with Gasteiger partial charge >= 0.3 is 0 Å². The van der Waals surface area contributed by atoms with Gasteiger partial charge < -0.3 is 15.6 Å². The van der Waals surface area contributed by atoms with Crippen LogP contribution < -0.4 is 10.6 Å². The number of hydrogen-bond donors (Lipinski definition) is 3. The number of aromatic nitrogens is 2. The molecule has 2 aromatic rings. The first kappa shape index (κ1) is 12.4. The smallest absolute Gasteiger partial charge is 0.104 e. The third kappa shape index (κ3) is 3.05. The number of benzene rings is 1. The first-order valence-corrected chi connectivity index (χ1v) is 6.94. The van der Waals surface area contributed by atoms with E-state index in [1.807, 2.05) is 6.92 Å². The molecule has 19 heavy (non-hydrogen) atoms. The largest absolute Gasteiger partial charge is 0.384 e. The third-order valence-electron chi connectivity index (χ3n) is 3.57. The van der Waals surface area contributed by atoms with Gasteiger partial charge in [-0.25, -0.2) is 4.98 Å². The van der Waals surface area contributed by atoms with Crippen molar-refractivity contribution in [2.75, 3.05) is 44.6 Å². The predicted octanol–water partition coefficient (Wildman–Crippen LogP) is 1.19. The van der Waals surface area contributed by atoms with Crippen LogP contribution in [0.3, 0.4) is 0 Å². The first-order valence-electron chi connectivity index (χ1n) is 6.94. The summed E-state index contributed by atoms with van der Waals surface area (Å²) in [6, 6.07) is 6.29. The average Bonchev–Trinajstić information content (AvgIpc) is 2.79. The molecule has 0 radical (unpaired) electrons. The van der Waals surface area contributed by atoms with Crippen molar-refractivity contribution >= 4 is 16.7 Å². The SMILES string of the molecule is Cc1nc2ccc(NCCN3CCNCC3)cc2[nH]1. The van der Waals surface area contributed by atoms with Crippen molar-refractivity contribution in [1.29, 1.82) is 0 Å². The van der Waals surface area contributed by atoms with Crippen molar-refractivity contribution in [1.82, 2.24) is 20.2 Å². The number of imidazole rings is 1. The molecule has 102 valence electrons. The van der Waals surface area contributed by atoms with E-state index in [-0.39, 0.29) is 0 Å². The monoisotopic (exact) mass is 259 g/mol. The van der Waals surface area contributed by atoms with Crippen molar-refractivity contribution in [3.8, 4) is 0 Å². The van der Waals surface area contributed by atoms with Gasteiger partial charge in [0.1, 0.15) is 5.82 Å². The number of fused-ring (bicyclic) bond motifs is 1. The fraction of sp³-hybridized carbons (Fsp3) is 0.500. The molecule has 1 aliphatic heterocycles. The number of hydrogen-bond acceptors (Lipinski definition) is 4. The van der Waals surface area contributed by atoms with Gasteiger partial charge in [0.05, 0.1) is 11.0 Å². The molecule has 5 nitrogen and oxygen atoms in total. The molecule has 0 spiro atoms. The van der Waals surface area contributed by atoms with Gasteiger partial charge in [-0.05, 0) is 25.1 Å². The van der Waals surface area contributed by atoms with E-state index in [9.17, 15) is 0 Å². The summed E-state index contributed by atoms with van der Waals surface area (Å²) in [5, 5.41) is 6.86. The quantitative estimate of drug-likeness (QED) is 0.772. The molecule has 0 amide bonds. The second-order valence-corrected chi connectivity index (χ2v) is 5.07. The number of H-pyrrole nitrogens is 1.